The maximum absolute atomic E-state index is 12.0. The lowest BCUT2D eigenvalue weighted by molar-refractivity contribution is -0.141. The van der Waals surface area contributed by atoms with Gasteiger partial charge in [0.05, 0.1) is 7.11 Å². The maximum atomic E-state index is 12.0. The number of benzene rings is 1. The SMILES string of the molecule is COC(=O)[C@H](Cc1ccc(O)cc1)Nc1nc(C)cc(C)n1. The van der Waals surface area contributed by atoms with Crippen molar-refractivity contribution < 1.29 is 14.6 Å². The van der Waals surface area contributed by atoms with Crippen LogP contribution < -0.4 is 5.32 Å². The lowest BCUT2D eigenvalue weighted by atomic mass is 10.1. The number of hydrogen-bond acceptors (Lipinski definition) is 6. The van der Waals surface area contributed by atoms with Gasteiger partial charge in [-0.05, 0) is 37.6 Å². The number of rotatable bonds is 5. The van der Waals surface area contributed by atoms with E-state index in [2.05, 4.69) is 15.3 Å². The number of methoxy groups -OCH3 is 1. The average molecular weight is 301 g/mol. The zero-order valence-electron chi connectivity index (χ0n) is 12.8. The molecule has 0 aliphatic rings. The second-order valence-electron chi connectivity index (χ2n) is 5.06. The second kappa shape index (κ2) is 6.89. The molecule has 0 bridgehead atoms. The fourth-order valence-corrected chi connectivity index (χ4v) is 2.15. The van der Waals surface area contributed by atoms with Crippen molar-refractivity contribution in [1.29, 1.82) is 0 Å². The van der Waals surface area contributed by atoms with Gasteiger partial charge in [-0.3, -0.25) is 0 Å². The second-order valence-corrected chi connectivity index (χ2v) is 5.06. The number of ether oxygens (including phenoxy) is 1. The molecule has 2 aromatic rings. The average Bonchev–Trinajstić information content (AvgIpc) is 2.47. The summed E-state index contributed by atoms with van der Waals surface area (Å²) >= 11 is 0. The number of aromatic nitrogens is 2. The summed E-state index contributed by atoms with van der Waals surface area (Å²) < 4.78 is 4.83. The number of carbonyl (C=O) groups excluding carboxylic acids is 1. The van der Waals surface area contributed by atoms with Crippen molar-refractivity contribution in [1.82, 2.24) is 9.97 Å². The number of nitrogens with one attached hydrogen (secondary N) is 1. The van der Waals surface area contributed by atoms with E-state index in [0.717, 1.165) is 17.0 Å². The summed E-state index contributed by atoms with van der Waals surface area (Å²) in [6, 6.07) is 7.94. The van der Waals surface area contributed by atoms with Crippen molar-refractivity contribution >= 4 is 11.9 Å². The van der Waals surface area contributed by atoms with Gasteiger partial charge in [-0.15, -0.1) is 0 Å². The number of aryl methyl sites for hydroxylation is 2. The molecule has 6 heteroatoms. The Labute approximate surface area is 129 Å². The lowest BCUT2D eigenvalue weighted by Crippen LogP contribution is -2.33. The van der Waals surface area contributed by atoms with Crippen LogP contribution in [0.5, 0.6) is 5.75 Å². The monoisotopic (exact) mass is 301 g/mol. The van der Waals surface area contributed by atoms with Crippen molar-refractivity contribution in [3.8, 4) is 5.75 Å². The van der Waals surface area contributed by atoms with E-state index in [4.69, 9.17) is 4.74 Å². The van der Waals surface area contributed by atoms with Crippen LogP contribution in [0.4, 0.5) is 5.95 Å². The molecule has 2 rings (SSSR count). The highest BCUT2D eigenvalue weighted by Crippen LogP contribution is 2.14. The molecule has 0 amide bonds. The van der Waals surface area contributed by atoms with Crippen molar-refractivity contribution in [2.24, 2.45) is 0 Å². The number of hydrogen-bond donors (Lipinski definition) is 2. The molecule has 0 aliphatic carbocycles. The summed E-state index contributed by atoms with van der Waals surface area (Å²) in [4.78, 5) is 20.5. The van der Waals surface area contributed by atoms with Gasteiger partial charge >= 0.3 is 5.97 Å². The molecule has 2 N–H and O–H groups in total. The molecule has 116 valence electrons. The van der Waals surface area contributed by atoms with Crippen molar-refractivity contribution in [3.05, 3.63) is 47.3 Å². The fourth-order valence-electron chi connectivity index (χ4n) is 2.15. The van der Waals surface area contributed by atoms with Crippen LogP contribution in [0.25, 0.3) is 0 Å². The molecule has 1 heterocycles. The van der Waals surface area contributed by atoms with Crippen LogP contribution in [0.2, 0.25) is 0 Å². The quantitative estimate of drug-likeness (QED) is 0.822. The standard InChI is InChI=1S/C16H19N3O3/c1-10-8-11(2)18-16(17-10)19-14(15(21)22-3)9-12-4-6-13(20)7-5-12/h4-8,14,20H,9H2,1-3H3,(H,17,18,19)/t14-/m0/s1. The predicted octanol–water partition coefficient (Wildman–Crippen LogP) is 2.00. The van der Waals surface area contributed by atoms with E-state index in [0.29, 0.717) is 12.4 Å². The number of aromatic hydroxyl groups is 1. The Morgan fingerprint density at radius 2 is 1.82 bits per heavy atom. The van der Waals surface area contributed by atoms with Crippen LogP contribution in [0.3, 0.4) is 0 Å². The van der Waals surface area contributed by atoms with Crippen molar-refractivity contribution in [2.75, 3.05) is 12.4 Å². The first-order valence-electron chi connectivity index (χ1n) is 6.92. The third kappa shape index (κ3) is 4.18. The summed E-state index contributed by atoms with van der Waals surface area (Å²) in [7, 11) is 1.34. The molecule has 0 saturated carbocycles. The molecule has 0 radical (unpaired) electrons. The smallest absolute Gasteiger partial charge is 0.328 e. The molecule has 0 saturated heterocycles. The van der Waals surface area contributed by atoms with E-state index in [1.54, 1.807) is 24.3 Å². The fraction of sp³-hybridized carbons (Fsp3) is 0.312. The Morgan fingerprint density at radius 3 is 2.36 bits per heavy atom. The van der Waals surface area contributed by atoms with Crippen LogP contribution in [0.15, 0.2) is 30.3 Å². The Kier molecular flexibility index (Phi) is 4.93. The van der Waals surface area contributed by atoms with E-state index >= 15 is 0 Å². The number of phenols is 1. The van der Waals surface area contributed by atoms with E-state index in [1.807, 2.05) is 19.9 Å². The summed E-state index contributed by atoms with van der Waals surface area (Å²) in [5, 5.41) is 12.3. The predicted molar refractivity (Wildman–Crippen MR) is 82.7 cm³/mol. The number of nitrogens with zero attached hydrogens (tertiary/aromatic N) is 2. The Bertz CT molecular complexity index is 636. The zero-order valence-corrected chi connectivity index (χ0v) is 12.8. The molecular formula is C16H19N3O3. The number of phenolic OH excluding ortho intramolecular Hbond substituents is 1. The Morgan fingerprint density at radius 1 is 1.23 bits per heavy atom. The summed E-state index contributed by atoms with van der Waals surface area (Å²) in [6.45, 7) is 3.74. The minimum atomic E-state index is -0.601. The van der Waals surface area contributed by atoms with Gasteiger partial charge in [0, 0.05) is 17.8 Å². The Balaban J connectivity index is 2.18. The van der Waals surface area contributed by atoms with Gasteiger partial charge in [-0.2, -0.15) is 0 Å². The highest BCUT2D eigenvalue weighted by molar-refractivity contribution is 5.79. The van der Waals surface area contributed by atoms with Crippen molar-refractivity contribution in [3.63, 3.8) is 0 Å². The largest absolute Gasteiger partial charge is 0.508 e. The minimum absolute atomic E-state index is 0.184. The van der Waals surface area contributed by atoms with Gasteiger partial charge in [-0.25, -0.2) is 14.8 Å². The minimum Gasteiger partial charge on any atom is -0.508 e. The maximum Gasteiger partial charge on any atom is 0.328 e. The molecule has 6 nitrogen and oxygen atoms in total. The zero-order chi connectivity index (χ0) is 16.1. The van der Waals surface area contributed by atoms with Crippen LogP contribution in [0.1, 0.15) is 17.0 Å². The highest BCUT2D eigenvalue weighted by Gasteiger charge is 2.21. The van der Waals surface area contributed by atoms with Crippen LogP contribution >= 0.6 is 0 Å². The van der Waals surface area contributed by atoms with E-state index in [1.165, 1.54) is 7.11 Å². The lowest BCUT2D eigenvalue weighted by Gasteiger charge is -2.17. The van der Waals surface area contributed by atoms with Crippen molar-refractivity contribution in [2.45, 2.75) is 26.3 Å². The molecule has 0 unspecified atom stereocenters. The number of anilines is 1. The molecule has 0 spiro atoms. The first-order chi connectivity index (χ1) is 10.5. The van der Waals surface area contributed by atoms with E-state index in [-0.39, 0.29) is 5.75 Å². The molecule has 1 aromatic carbocycles. The summed E-state index contributed by atoms with van der Waals surface area (Å²) in [5.41, 5.74) is 2.54. The van der Waals surface area contributed by atoms with E-state index in [9.17, 15) is 9.90 Å². The molecule has 1 aromatic heterocycles. The third-order valence-electron chi connectivity index (χ3n) is 3.15. The van der Waals surface area contributed by atoms with Gasteiger partial charge in [0.1, 0.15) is 11.8 Å². The molecule has 1 atom stereocenters. The van der Waals surface area contributed by atoms with E-state index < -0.39 is 12.0 Å². The van der Waals surface area contributed by atoms with Crippen LogP contribution in [-0.4, -0.2) is 34.2 Å². The van der Waals surface area contributed by atoms with Crippen LogP contribution in [0, 0.1) is 13.8 Å². The Hall–Kier alpha value is -2.63. The third-order valence-corrected chi connectivity index (χ3v) is 3.15. The molecular weight excluding hydrogens is 282 g/mol. The first kappa shape index (κ1) is 15.8. The molecule has 22 heavy (non-hydrogen) atoms. The molecule has 0 fully saturated rings. The highest BCUT2D eigenvalue weighted by atomic mass is 16.5. The van der Waals surface area contributed by atoms with Gasteiger partial charge in [-0.1, -0.05) is 12.1 Å². The molecule has 0 aliphatic heterocycles. The van der Waals surface area contributed by atoms with Gasteiger partial charge in [0.2, 0.25) is 5.95 Å². The first-order valence-corrected chi connectivity index (χ1v) is 6.92. The van der Waals surface area contributed by atoms with Gasteiger partial charge < -0.3 is 15.2 Å². The van der Waals surface area contributed by atoms with Gasteiger partial charge in [0.25, 0.3) is 0 Å². The summed E-state index contributed by atoms with van der Waals surface area (Å²) in [6.07, 6.45) is 0.406. The number of esters is 1. The number of carbonyl (C=O) groups is 1. The summed E-state index contributed by atoms with van der Waals surface area (Å²) in [5.74, 6) is 0.187. The van der Waals surface area contributed by atoms with Crippen LogP contribution in [-0.2, 0) is 16.0 Å². The van der Waals surface area contributed by atoms with Gasteiger partial charge in [0.15, 0.2) is 0 Å². The topological polar surface area (TPSA) is 84.3 Å². The normalized spacial score (nSPS) is 11.8.